The molecule has 0 amide bonds. The number of aromatic nitrogens is 3. The first-order chi connectivity index (χ1) is 9.24. The van der Waals surface area contributed by atoms with E-state index in [2.05, 4.69) is 15.0 Å². The zero-order valence-electron chi connectivity index (χ0n) is 10.4. The van der Waals surface area contributed by atoms with Gasteiger partial charge in [-0.05, 0) is 36.9 Å². The van der Waals surface area contributed by atoms with Gasteiger partial charge in [0.2, 0.25) is 0 Å². The van der Waals surface area contributed by atoms with Gasteiger partial charge in [0.15, 0.2) is 5.16 Å². The normalized spacial score (nSPS) is 12.7. The molecule has 0 aliphatic heterocycles. The average Bonchev–Trinajstić information content (AvgIpc) is 2.81. The van der Waals surface area contributed by atoms with Crippen LogP contribution in [0.25, 0.3) is 11.0 Å². The predicted molar refractivity (Wildman–Crippen MR) is 75.1 cm³/mol. The van der Waals surface area contributed by atoms with Crippen LogP contribution in [0, 0.1) is 0 Å². The quantitative estimate of drug-likeness (QED) is 0.768. The molecule has 2 N–H and O–H groups in total. The average molecular weight is 271 g/mol. The third kappa shape index (κ3) is 2.47. The van der Waals surface area contributed by atoms with Gasteiger partial charge in [-0.15, -0.1) is 0 Å². The first-order valence-electron chi connectivity index (χ1n) is 5.99. The van der Waals surface area contributed by atoms with Gasteiger partial charge in [0, 0.05) is 11.8 Å². The molecule has 0 radical (unpaired) electrons. The van der Waals surface area contributed by atoms with Crippen LogP contribution in [-0.2, 0) is 0 Å². The van der Waals surface area contributed by atoms with E-state index in [0.717, 1.165) is 26.8 Å². The van der Waals surface area contributed by atoms with E-state index < -0.39 is 6.10 Å². The maximum atomic E-state index is 9.74. The fourth-order valence-electron chi connectivity index (χ4n) is 1.88. The molecule has 19 heavy (non-hydrogen) atoms. The second-order valence-corrected chi connectivity index (χ2v) is 5.21. The summed E-state index contributed by atoms with van der Waals surface area (Å²) in [4.78, 5) is 12.0. The van der Waals surface area contributed by atoms with E-state index in [1.807, 2.05) is 36.4 Å². The Morgan fingerprint density at radius 2 is 2.05 bits per heavy atom. The second kappa shape index (κ2) is 5.03. The van der Waals surface area contributed by atoms with Crippen molar-refractivity contribution in [2.75, 3.05) is 0 Å². The topological polar surface area (TPSA) is 61.8 Å². The molecule has 4 nitrogen and oxygen atoms in total. The van der Waals surface area contributed by atoms with Gasteiger partial charge in [0.05, 0.1) is 17.1 Å². The molecule has 0 saturated carbocycles. The number of rotatable bonds is 3. The van der Waals surface area contributed by atoms with Crippen molar-refractivity contribution in [2.45, 2.75) is 23.2 Å². The van der Waals surface area contributed by atoms with Crippen LogP contribution in [0.3, 0.4) is 0 Å². The lowest BCUT2D eigenvalue weighted by Crippen LogP contribution is -1.96. The molecule has 0 spiro atoms. The number of aromatic amines is 1. The van der Waals surface area contributed by atoms with Crippen LogP contribution >= 0.6 is 11.8 Å². The zero-order valence-corrected chi connectivity index (χ0v) is 11.2. The highest BCUT2D eigenvalue weighted by atomic mass is 32.2. The summed E-state index contributed by atoms with van der Waals surface area (Å²) in [7, 11) is 0. The van der Waals surface area contributed by atoms with Gasteiger partial charge in [0.1, 0.15) is 5.03 Å². The van der Waals surface area contributed by atoms with Crippen LogP contribution < -0.4 is 0 Å². The first-order valence-corrected chi connectivity index (χ1v) is 6.81. The molecule has 0 aliphatic carbocycles. The van der Waals surface area contributed by atoms with Gasteiger partial charge in [-0.2, -0.15) is 0 Å². The van der Waals surface area contributed by atoms with Crippen LogP contribution in [-0.4, -0.2) is 20.1 Å². The van der Waals surface area contributed by atoms with E-state index in [9.17, 15) is 5.11 Å². The van der Waals surface area contributed by atoms with Crippen LogP contribution in [0.5, 0.6) is 0 Å². The summed E-state index contributed by atoms with van der Waals surface area (Å²) >= 11 is 1.43. The minimum absolute atomic E-state index is 0.541. The number of aliphatic hydroxyl groups is 1. The maximum Gasteiger partial charge on any atom is 0.172 e. The van der Waals surface area contributed by atoms with Crippen LogP contribution in [0.15, 0.2) is 52.8 Å². The van der Waals surface area contributed by atoms with E-state index in [1.165, 1.54) is 11.8 Å². The van der Waals surface area contributed by atoms with Crippen molar-refractivity contribution in [1.29, 1.82) is 0 Å². The number of para-hydroxylation sites is 2. The molecule has 0 fully saturated rings. The number of aliphatic hydroxyl groups excluding tert-OH is 1. The molecule has 0 unspecified atom stereocenters. The van der Waals surface area contributed by atoms with E-state index >= 15 is 0 Å². The molecule has 0 saturated heterocycles. The molecule has 5 heteroatoms. The van der Waals surface area contributed by atoms with Gasteiger partial charge in [-0.25, -0.2) is 9.97 Å². The monoisotopic (exact) mass is 271 g/mol. The van der Waals surface area contributed by atoms with Gasteiger partial charge in [0.25, 0.3) is 0 Å². The van der Waals surface area contributed by atoms with Gasteiger partial charge < -0.3 is 10.1 Å². The van der Waals surface area contributed by atoms with Crippen molar-refractivity contribution in [3.8, 4) is 0 Å². The Morgan fingerprint density at radius 3 is 2.84 bits per heavy atom. The summed E-state index contributed by atoms with van der Waals surface area (Å²) < 4.78 is 0. The number of nitrogens with zero attached hydrogens (tertiary/aromatic N) is 2. The van der Waals surface area contributed by atoms with E-state index in [4.69, 9.17) is 0 Å². The molecule has 3 rings (SSSR count). The fraction of sp³-hybridized carbons (Fsp3) is 0.143. The van der Waals surface area contributed by atoms with Crippen molar-refractivity contribution in [2.24, 2.45) is 0 Å². The highest BCUT2D eigenvalue weighted by Crippen LogP contribution is 2.30. The summed E-state index contributed by atoms with van der Waals surface area (Å²) in [5.41, 5.74) is 2.74. The van der Waals surface area contributed by atoms with Gasteiger partial charge in [-0.3, -0.25) is 0 Å². The lowest BCUT2D eigenvalue weighted by molar-refractivity contribution is 0.195. The number of benzene rings is 1. The third-order valence-electron chi connectivity index (χ3n) is 2.81. The molecule has 2 heterocycles. The van der Waals surface area contributed by atoms with Crippen molar-refractivity contribution in [3.63, 3.8) is 0 Å². The molecule has 1 atom stereocenters. The molecule has 2 aromatic heterocycles. The third-order valence-corrected chi connectivity index (χ3v) is 3.73. The smallest absolute Gasteiger partial charge is 0.172 e. The number of imidazole rings is 1. The van der Waals surface area contributed by atoms with E-state index in [0.29, 0.717) is 0 Å². The van der Waals surface area contributed by atoms with Crippen molar-refractivity contribution < 1.29 is 5.11 Å². The largest absolute Gasteiger partial charge is 0.389 e. The van der Waals surface area contributed by atoms with Gasteiger partial charge in [-0.1, -0.05) is 18.2 Å². The molecule has 96 valence electrons. The standard InChI is InChI=1S/C14H13N3OS/c1-9(18)10-5-4-8-15-13(10)19-14-16-11-6-2-3-7-12(11)17-14/h2-9,18H,1H3,(H,16,17)/t9-/m0/s1. The predicted octanol–water partition coefficient (Wildman–Crippen LogP) is 3.16. The molecule has 1 aromatic carbocycles. The highest BCUT2D eigenvalue weighted by molar-refractivity contribution is 7.99. The van der Waals surface area contributed by atoms with E-state index in [-0.39, 0.29) is 0 Å². The minimum atomic E-state index is -0.541. The second-order valence-electron chi connectivity index (χ2n) is 4.23. The maximum absolute atomic E-state index is 9.74. The fourth-order valence-corrected chi connectivity index (χ4v) is 2.83. The first kappa shape index (κ1) is 12.2. The summed E-state index contributed by atoms with van der Waals surface area (Å²) in [5.74, 6) is 0. The number of H-pyrrole nitrogens is 1. The summed E-state index contributed by atoms with van der Waals surface area (Å²) in [6, 6.07) is 11.6. The van der Waals surface area contributed by atoms with Gasteiger partial charge >= 0.3 is 0 Å². The van der Waals surface area contributed by atoms with Crippen LogP contribution in [0.1, 0.15) is 18.6 Å². The Kier molecular flexibility index (Phi) is 3.23. The Bertz CT molecular complexity index is 675. The lowest BCUT2D eigenvalue weighted by Gasteiger charge is -2.08. The summed E-state index contributed by atoms with van der Waals surface area (Å²) in [6.45, 7) is 1.74. The summed E-state index contributed by atoms with van der Waals surface area (Å²) in [6.07, 6.45) is 1.18. The Hall–Kier alpha value is -1.85. The molecule has 3 aromatic rings. The zero-order chi connectivity index (χ0) is 13.2. The van der Waals surface area contributed by atoms with Crippen LogP contribution in [0.4, 0.5) is 0 Å². The number of hydrogen-bond donors (Lipinski definition) is 2. The molecule has 0 aliphatic rings. The lowest BCUT2D eigenvalue weighted by atomic mass is 10.2. The Morgan fingerprint density at radius 1 is 1.21 bits per heavy atom. The van der Waals surface area contributed by atoms with Crippen LogP contribution in [0.2, 0.25) is 0 Å². The molecular weight excluding hydrogens is 258 g/mol. The Balaban J connectivity index is 1.97. The number of pyridine rings is 1. The summed E-state index contributed by atoms with van der Waals surface area (Å²) in [5, 5.41) is 11.3. The molecular formula is C14H13N3OS. The van der Waals surface area contributed by atoms with E-state index in [1.54, 1.807) is 13.1 Å². The highest BCUT2D eigenvalue weighted by Gasteiger charge is 2.12. The molecule has 0 bridgehead atoms. The SMILES string of the molecule is C[C@H](O)c1cccnc1Sc1nc2ccccc2[nH]1. The van der Waals surface area contributed by atoms with Crippen molar-refractivity contribution in [1.82, 2.24) is 15.0 Å². The van der Waals surface area contributed by atoms with Crippen molar-refractivity contribution in [3.05, 3.63) is 48.2 Å². The van der Waals surface area contributed by atoms with Crippen molar-refractivity contribution >= 4 is 22.8 Å². The number of hydrogen-bond acceptors (Lipinski definition) is 4. The number of nitrogens with one attached hydrogen (secondary N) is 1. The Labute approximate surface area is 114 Å². The minimum Gasteiger partial charge on any atom is -0.389 e. The number of fused-ring (bicyclic) bond motifs is 1.